The molecule has 0 aromatic carbocycles. The maximum Gasteiger partial charge on any atom is 0.0934 e. The zero-order chi connectivity index (χ0) is 8.55. The summed E-state index contributed by atoms with van der Waals surface area (Å²) in [6.07, 6.45) is 4.48. The minimum atomic E-state index is 0.550. The second-order valence-electron chi connectivity index (χ2n) is 2.74. The van der Waals surface area contributed by atoms with Gasteiger partial charge in [-0.05, 0) is 18.6 Å². The maximum atomic E-state index is 5.93. The Morgan fingerprint density at radius 1 is 1.58 bits per heavy atom. The number of aryl methyl sites for hydroxylation is 1. The van der Waals surface area contributed by atoms with Gasteiger partial charge in [-0.1, -0.05) is 23.8 Å². The normalized spacial score (nSPS) is 22.0. The Balaban J connectivity index is 2.32. The summed E-state index contributed by atoms with van der Waals surface area (Å²) in [6.45, 7) is 2.14. The van der Waals surface area contributed by atoms with Crippen LogP contribution in [0.25, 0.3) is 0 Å². The van der Waals surface area contributed by atoms with Crippen LogP contribution < -0.4 is 0 Å². The maximum absolute atomic E-state index is 5.93. The van der Waals surface area contributed by atoms with Gasteiger partial charge in [0.1, 0.15) is 0 Å². The van der Waals surface area contributed by atoms with Crippen LogP contribution in [0.5, 0.6) is 0 Å². The zero-order valence-corrected chi connectivity index (χ0v) is 9.10. The first-order chi connectivity index (χ1) is 5.77. The molecular formula is C9H9ClS2. The number of hydrogen-bond acceptors (Lipinski definition) is 2. The second kappa shape index (κ2) is 3.44. The van der Waals surface area contributed by atoms with E-state index in [9.17, 15) is 0 Å². The Labute approximate surface area is 85.6 Å². The van der Waals surface area contributed by atoms with Gasteiger partial charge in [-0.15, -0.1) is 23.1 Å². The molecule has 1 aliphatic heterocycles. The summed E-state index contributed by atoms with van der Waals surface area (Å²) in [5.41, 5.74) is 1.39. The van der Waals surface area contributed by atoms with E-state index in [2.05, 4.69) is 25.1 Å². The molecule has 1 aliphatic rings. The van der Waals surface area contributed by atoms with E-state index in [0.717, 1.165) is 10.1 Å². The highest BCUT2D eigenvalue weighted by Crippen LogP contribution is 2.40. The smallest absolute Gasteiger partial charge is 0.0934 e. The molecule has 0 amide bonds. The molecule has 12 heavy (non-hydrogen) atoms. The van der Waals surface area contributed by atoms with E-state index in [1.165, 1.54) is 10.4 Å². The lowest BCUT2D eigenvalue weighted by Gasteiger charge is -2.04. The molecule has 0 radical (unpaired) electrons. The third kappa shape index (κ3) is 1.56. The van der Waals surface area contributed by atoms with Crippen LogP contribution in [-0.2, 0) is 0 Å². The standard InChI is InChI=1S/C9H9ClS2/c1-6-7(5-9(10)12-6)8-3-2-4-11-8/h2-3,5,8H,4H2,1H3. The van der Waals surface area contributed by atoms with Crippen LogP contribution in [0.4, 0.5) is 0 Å². The molecule has 0 saturated heterocycles. The number of hydrogen-bond donors (Lipinski definition) is 0. The van der Waals surface area contributed by atoms with Crippen molar-refractivity contribution in [2.24, 2.45) is 0 Å². The van der Waals surface area contributed by atoms with Crippen molar-refractivity contribution in [1.82, 2.24) is 0 Å². The van der Waals surface area contributed by atoms with Crippen molar-refractivity contribution in [3.05, 3.63) is 33.0 Å². The van der Waals surface area contributed by atoms with Crippen molar-refractivity contribution in [3.8, 4) is 0 Å². The molecule has 0 N–H and O–H groups in total. The van der Waals surface area contributed by atoms with Crippen molar-refractivity contribution in [1.29, 1.82) is 0 Å². The Morgan fingerprint density at radius 3 is 2.92 bits per heavy atom. The third-order valence-electron chi connectivity index (χ3n) is 1.92. The lowest BCUT2D eigenvalue weighted by atomic mass is 10.2. The van der Waals surface area contributed by atoms with E-state index in [1.807, 2.05) is 11.8 Å². The molecule has 1 aromatic rings. The van der Waals surface area contributed by atoms with Crippen LogP contribution in [0.2, 0.25) is 4.34 Å². The quantitative estimate of drug-likeness (QED) is 0.639. The van der Waals surface area contributed by atoms with E-state index in [0.29, 0.717) is 5.25 Å². The van der Waals surface area contributed by atoms with Crippen LogP contribution in [-0.4, -0.2) is 5.75 Å². The number of halogens is 1. The van der Waals surface area contributed by atoms with Gasteiger partial charge in [0.05, 0.1) is 4.34 Å². The summed E-state index contributed by atoms with van der Waals surface area (Å²) in [7, 11) is 0. The van der Waals surface area contributed by atoms with Crippen molar-refractivity contribution in [2.75, 3.05) is 5.75 Å². The SMILES string of the molecule is Cc1sc(Cl)cc1C1C=CCS1. The topological polar surface area (TPSA) is 0 Å². The molecule has 0 aliphatic carbocycles. The minimum absolute atomic E-state index is 0.550. The molecule has 0 saturated carbocycles. The predicted octanol–water partition coefficient (Wildman–Crippen LogP) is 4.05. The summed E-state index contributed by atoms with van der Waals surface area (Å²) >= 11 is 9.56. The van der Waals surface area contributed by atoms with E-state index < -0.39 is 0 Å². The van der Waals surface area contributed by atoms with Crippen LogP contribution in [0.3, 0.4) is 0 Å². The monoisotopic (exact) mass is 216 g/mol. The van der Waals surface area contributed by atoms with E-state index in [-0.39, 0.29) is 0 Å². The van der Waals surface area contributed by atoms with Gasteiger partial charge in [0, 0.05) is 15.9 Å². The number of thiophene rings is 1. The fourth-order valence-corrected chi connectivity index (χ4v) is 3.73. The van der Waals surface area contributed by atoms with Crippen molar-refractivity contribution in [3.63, 3.8) is 0 Å². The molecule has 0 spiro atoms. The van der Waals surface area contributed by atoms with Gasteiger partial charge in [-0.3, -0.25) is 0 Å². The molecule has 0 fully saturated rings. The summed E-state index contributed by atoms with van der Waals surface area (Å²) < 4.78 is 0.906. The number of rotatable bonds is 1. The number of thioether (sulfide) groups is 1. The Hall–Kier alpha value is 0.0800. The average molecular weight is 217 g/mol. The molecular weight excluding hydrogens is 208 g/mol. The molecule has 1 unspecified atom stereocenters. The lowest BCUT2D eigenvalue weighted by molar-refractivity contribution is 1.24. The van der Waals surface area contributed by atoms with Crippen LogP contribution >= 0.6 is 34.7 Å². The first-order valence-corrected chi connectivity index (χ1v) is 6.06. The van der Waals surface area contributed by atoms with Crippen molar-refractivity contribution in [2.45, 2.75) is 12.2 Å². The van der Waals surface area contributed by atoms with Gasteiger partial charge in [-0.2, -0.15) is 0 Å². The molecule has 0 nitrogen and oxygen atoms in total. The molecule has 2 rings (SSSR count). The fraction of sp³-hybridized carbons (Fsp3) is 0.333. The zero-order valence-electron chi connectivity index (χ0n) is 6.71. The van der Waals surface area contributed by atoms with Crippen molar-refractivity contribution >= 4 is 34.7 Å². The molecule has 64 valence electrons. The summed E-state index contributed by atoms with van der Waals surface area (Å²) in [5, 5.41) is 0.550. The Kier molecular flexibility index (Phi) is 2.49. The first-order valence-electron chi connectivity index (χ1n) is 3.81. The van der Waals surface area contributed by atoms with Gasteiger partial charge in [-0.25, -0.2) is 0 Å². The van der Waals surface area contributed by atoms with Crippen LogP contribution in [0.15, 0.2) is 18.2 Å². The third-order valence-corrected chi connectivity index (χ3v) is 4.27. The Morgan fingerprint density at radius 2 is 2.42 bits per heavy atom. The molecule has 3 heteroatoms. The van der Waals surface area contributed by atoms with Gasteiger partial charge >= 0.3 is 0 Å². The highest BCUT2D eigenvalue weighted by molar-refractivity contribution is 8.00. The molecule has 1 aromatic heterocycles. The Bertz CT molecular complexity index is 314. The lowest BCUT2D eigenvalue weighted by Crippen LogP contribution is -1.85. The largest absolute Gasteiger partial charge is 0.145 e. The fourth-order valence-electron chi connectivity index (χ4n) is 1.33. The van der Waals surface area contributed by atoms with Gasteiger partial charge in [0.25, 0.3) is 0 Å². The van der Waals surface area contributed by atoms with Gasteiger partial charge in [0.15, 0.2) is 0 Å². The van der Waals surface area contributed by atoms with Crippen molar-refractivity contribution < 1.29 is 0 Å². The average Bonchev–Trinajstić information content (AvgIpc) is 2.58. The minimum Gasteiger partial charge on any atom is -0.145 e. The van der Waals surface area contributed by atoms with Gasteiger partial charge < -0.3 is 0 Å². The highest BCUT2D eigenvalue weighted by atomic mass is 35.5. The molecule has 1 atom stereocenters. The first kappa shape index (κ1) is 8.67. The summed E-state index contributed by atoms with van der Waals surface area (Å²) in [5.74, 6) is 1.14. The van der Waals surface area contributed by atoms with Gasteiger partial charge in [0.2, 0.25) is 0 Å². The highest BCUT2D eigenvalue weighted by Gasteiger charge is 2.16. The van der Waals surface area contributed by atoms with E-state index in [4.69, 9.17) is 11.6 Å². The molecule has 0 bridgehead atoms. The van der Waals surface area contributed by atoms with Crippen LogP contribution in [0, 0.1) is 6.92 Å². The van der Waals surface area contributed by atoms with E-state index in [1.54, 1.807) is 11.3 Å². The second-order valence-corrected chi connectivity index (χ2v) is 5.81. The van der Waals surface area contributed by atoms with E-state index >= 15 is 0 Å². The van der Waals surface area contributed by atoms with Crippen LogP contribution in [0.1, 0.15) is 15.7 Å². The summed E-state index contributed by atoms with van der Waals surface area (Å²) in [4.78, 5) is 1.35. The summed E-state index contributed by atoms with van der Waals surface area (Å²) in [6, 6.07) is 2.09. The molecule has 2 heterocycles. The predicted molar refractivity (Wildman–Crippen MR) is 58.4 cm³/mol.